The molecule has 9 nitrogen and oxygen atoms in total. The molecule has 5 rings (SSSR count). The number of aromatic amines is 1. The van der Waals surface area contributed by atoms with Crippen LogP contribution in [0.1, 0.15) is 45.1 Å². The normalized spacial score (nSPS) is 14.7. The fraction of sp³-hybridized carbons (Fsp3) is 0.429. The van der Waals surface area contributed by atoms with Gasteiger partial charge in [0.2, 0.25) is 5.88 Å². The van der Waals surface area contributed by atoms with Gasteiger partial charge in [0.25, 0.3) is 5.56 Å². The molecule has 1 N–H and O–H groups in total. The highest BCUT2D eigenvalue weighted by molar-refractivity contribution is 5.75. The van der Waals surface area contributed by atoms with Crippen molar-refractivity contribution < 1.29 is 17.9 Å². The third-order valence-corrected chi connectivity index (χ3v) is 7.03. The molecule has 212 valence electrons. The van der Waals surface area contributed by atoms with Gasteiger partial charge in [-0.1, -0.05) is 19.9 Å². The minimum absolute atomic E-state index is 0.118. The lowest BCUT2D eigenvalue weighted by Gasteiger charge is -2.33. The SMILES string of the molecule is CCCn1c(=O)c2[nH]c(-c3ccc(OC4CCN(c5cccc(C(F)(F)F)c5)CC4)nc3)nc2n(CCC)c1=O. The molecule has 1 aromatic carbocycles. The van der Waals surface area contributed by atoms with Crippen LogP contribution in [0.4, 0.5) is 18.9 Å². The number of imidazole rings is 1. The van der Waals surface area contributed by atoms with Crippen LogP contribution in [0.3, 0.4) is 0 Å². The predicted octanol–water partition coefficient (Wildman–Crippen LogP) is 4.83. The lowest BCUT2D eigenvalue weighted by molar-refractivity contribution is -0.137. The summed E-state index contributed by atoms with van der Waals surface area (Å²) in [6.45, 7) is 5.78. The largest absolute Gasteiger partial charge is 0.474 e. The number of hydrogen-bond acceptors (Lipinski definition) is 6. The van der Waals surface area contributed by atoms with E-state index in [0.29, 0.717) is 80.5 Å². The molecule has 1 aliphatic rings. The van der Waals surface area contributed by atoms with Gasteiger partial charge in [-0.3, -0.25) is 13.9 Å². The molecule has 0 aliphatic carbocycles. The number of anilines is 1. The van der Waals surface area contributed by atoms with Gasteiger partial charge < -0.3 is 14.6 Å². The molecule has 1 aliphatic heterocycles. The number of rotatable bonds is 8. The summed E-state index contributed by atoms with van der Waals surface area (Å²) in [6.07, 6.45) is -0.242. The molecule has 12 heteroatoms. The molecule has 40 heavy (non-hydrogen) atoms. The number of hydrogen-bond donors (Lipinski definition) is 1. The Bertz CT molecular complexity index is 1600. The average Bonchev–Trinajstić information content (AvgIpc) is 3.39. The summed E-state index contributed by atoms with van der Waals surface area (Å²) in [4.78, 5) is 39.9. The average molecular weight is 557 g/mol. The highest BCUT2D eigenvalue weighted by Gasteiger charge is 2.31. The topological polar surface area (TPSA) is 98.0 Å². The van der Waals surface area contributed by atoms with Crippen molar-refractivity contribution in [3.63, 3.8) is 0 Å². The Kier molecular flexibility index (Phi) is 7.68. The number of H-pyrrole nitrogens is 1. The van der Waals surface area contributed by atoms with E-state index in [2.05, 4.69) is 15.0 Å². The number of halogens is 3. The van der Waals surface area contributed by atoms with E-state index in [1.165, 1.54) is 21.3 Å². The number of piperidine rings is 1. The molecular formula is C28H31F3N6O3. The molecule has 3 aromatic heterocycles. The van der Waals surface area contributed by atoms with Crippen molar-refractivity contribution in [3.8, 4) is 17.3 Å². The second kappa shape index (κ2) is 11.2. The van der Waals surface area contributed by atoms with Crippen LogP contribution >= 0.6 is 0 Å². The number of nitrogens with zero attached hydrogens (tertiary/aromatic N) is 5. The smallest absolute Gasteiger partial charge is 0.416 e. The van der Waals surface area contributed by atoms with Gasteiger partial charge in [-0.2, -0.15) is 13.2 Å². The van der Waals surface area contributed by atoms with E-state index in [-0.39, 0.29) is 17.3 Å². The Hall–Kier alpha value is -4.09. The first-order valence-corrected chi connectivity index (χ1v) is 13.5. The second-order valence-corrected chi connectivity index (χ2v) is 9.91. The lowest BCUT2D eigenvalue weighted by atomic mass is 10.1. The first kappa shape index (κ1) is 27.5. The Balaban J connectivity index is 1.28. The van der Waals surface area contributed by atoms with E-state index in [0.717, 1.165) is 6.07 Å². The number of pyridine rings is 1. The van der Waals surface area contributed by atoms with Crippen LogP contribution in [-0.2, 0) is 19.3 Å². The second-order valence-electron chi connectivity index (χ2n) is 9.91. The van der Waals surface area contributed by atoms with Gasteiger partial charge in [0.1, 0.15) is 17.4 Å². The Morgan fingerprint density at radius 2 is 1.75 bits per heavy atom. The highest BCUT2D eigenvalue weighted by atomic mass is 19.4. The Morgan fingerprint density at radius 3 is 2.40 bits per heavy atom. The number of aromatic nitrogens is 5. The molecule has 1 saturated heterocycles. The molecule has 0 bridgehead atoms. The van der Waals surface area contributed by atoms with Crippen molar-refractivity contribution in [2.45, 2.75) is 64.9 Å². The molecular weight excluding hydrogens is 525 g/mol. The van der Waals surface area contributed by atoms with E-state index in [1.807, 2.05) is 18.7 Å². The van der Waals surface area contributed by atoms with Crippen LogP contribution in [0.5, 0.6) is 5.88 Å². The third kappa shape index (κ3) is 5.47. The van der Waals surface area contributed by atoms with Crippen LogP contribution in [0.2, 0.25) is 0 Å². The Labute approximate surface area is 228 Å². The fourth-order valence-corrected chi connectivity index (χ4v) is 5.02. The van der Waals surface area contributed by atoms with Gasteiger partial charge in [0.05, 0.1) is 5.56 Å². The molecule has 0 radical (unpaired) electrons. The third-order valence-electron chi connectivity index (χ3n) is 7.03. The van der Waals surface area contributed by atoms with Gasteiger partial charge in [0.15, 0.2) is 5.65 Å². The van der Waals surface area contributed by atoms with Crippen molar-refractivity contribution in [2.24, 2.45) is 0 Å². The van der Waals surface area contributed by atoms with Crippen molar-refractivity contribution in [1.29, 1.82) is 0 Å². The van der Waals surface area contributed by atoms with Crippen LogP contribution in [0.15, 0.2) is 52.2 Å². The highest BCUT2D eigenvalue weighted by Crippen LogP contribution is 2.32. The molecule has 0 saturated carbocycles. The van der Waals surface area contributed by atoms with E-state index in [4.69, 9.17) is 4.74 Å². The summed E-state index contributed by atoms with van der Waals surface area (Å²) < 4.78 is 48.1. The van der Waals surface area contributed by atoms with E-state index in [9.17, 15) is 22.8 Å². The quantitative estimate of drug-likeness (QED) is 0.334. The maximum atomic E-state index is 13.1. The van der Waals surface area contributed by atoms with Gasteiger partial charge in [-0.15, -0.1) is 0 Å². The van der Waals surface area contributed by atoms with E-state index >= 15 is 0 Å². The monoisotopic (exact) mass is 556 g/mol. The summed E-state index contributed by atoms with van der Waals surface area (Å²) in [5, 5.41) is 0. The first-order valence-electron chi connectivity index (χ1n) is 13.5. The van der Waals surface area contributed by atoms with Crippen LogP contribution in [-0.4, -0.2) is 43.3 Å². The number of fused-ring (bicyclic) bond motifs is 1. The van der Waals surface area contributed by atoms with E-state index < -0.39 is 17.3 Å². The molecule has 0 amide bonds. The van der Waals surface area contributed by atoms with Gasteiger partial charge in [-0.25, -0.2) is 14.8 Å². The van der Waals surface area contributed by atoms with E-state index in [1.54, 1.807) is 24.4 Å². The van der Waals surface area contributed by atoms with Crippen LogP contribution in [0, 0.1) is 0 Å². The molecule has 0 unspecified atom stereocenters. The van der Waals surface area contributed by atoms with Crippen molar-refractivity contribution in [3.05, 3.63) is 69.0 Å². The van der Waals surface area contributed by atoms with Gasteiger partial charge >= 0.3 is 11.9 Å². The van der Waals surface area contributed by atoms with Gasteiger partial charge in [0, 0.05) is 62.5 Å². The molecule has 0 atom stereocenters. The zero-order valence-corrected chi connectivity index (χ0v) is 22.4. The number of ether oxygens (including phenoxy) is 1. The summed E-state index contributed by atoms with van der Waals surface area (Å²) in [7, 11) is 0. The molecule has 1 fully saturated rings. The summed E-state index contributed by atoms with van der Waals surface area (Å²) in [5.74, 6) is 0.851. The maximum Gasteiger partial charge on any atom is 0.416 e. The fourth-order valence-electron chi connectivity index (χ4n) is 5.02. The van der Waals surface area contributed by atoms with Crippen molar-refractivity contribution in [1.82, 2.24) is 24.1 Å². The van der Waals surface area contributed by atoms with Crippen molar-refractivity contribution in [2.75, 3.05) is 18.0 Å². The van der Waals surface area contributed by atoms with Crippen LogP contribution in [0.25, 0.3) is 22.6 Å². The number of aryl methyl sites for hydroxylation is 1. The van der Waals surface area contributed by atoms with Crippen LogP contribution < -0.4 is 20.9 Å². The number of benzene rings is 1. The molecule has 4 aromatic rings. The zero-order valence-electron chi connectivity index (χ0n) is 22.4. The molecule has 0 spiro atoms. The minimum Gasteiger partial charge on any atom is -0.474 e. The number of alkyl halides is 3. The summed E-state index contributed by atoms with van der Waals surface area (Å²) in [5.41, 5.74) is 0.388. The molecule has 4 heterocycles. The van der Waals surface area contributed by atoms with Gasteiger partial charge in [-0.05, 0) is 37.1 Å². The first-order chi connectivity index (χ1) is 19.2. The lowest BCUT2D eigenvalue weighted by Crippen LogP contribution is -2.40. The minimum atomic E-state index is -4.37. The summed E-state index contributed by atoms with van der Waals surface area (Å²) in [6, 6.07) is 8.88. The summed E-state index contributed by atoms with van der Waals surface area (Å²) >= 11 is 0. The number of nitrogens with one attached hydrogen (secondary N) is 1. The maximum absolute atomic E-state index is 13.1. The zero-order chi connectivity index (χ0) is 28.4. The Morgan fingerprint density at radius 1 is 1.02 bits per heavy atom. The predicted molar refractivity (Wildman–Crippen MR) is 146 cm³/mol. The standard InChI is InChI=1S/C28H31F3N6O3/c1-3-12-36-25-23(26(38)37(13-4-2)27(36)39)33-24(34-25)18-8-9-22(32-17-18)40-21-10-14-35(15-11-21)20-7-5-6-19(16-20)28(29,30)31/h5-9,16-17,21H,3-4,10-15H2,1-2H3,(H,33,34). The van der Waals surface area contributed by atoms with Crippen molar-refractivity contribution >= 4 is 16.9 Å².